The smallest absolute Gasteiger partial charge is 0.306 e. The number of fused-ring (bicyclic) bond motifs is 3. The Balaban J connectivity index is 1.60. The molecule has 164 valence electrons. The molecule has 4 rings (SSSR count). The Bertz CT molecular complexity index is 1190. The van der Waals surface area contributed by atoms with Gasteiger partial charge in [0.1, 0.15) is 11.4 Å². The molecule has 32 heavy (non-hydrogen) atoms. The molecular formula is C26H26N2O4. The van der Waals surface area contributed by atoms with Crippen LogP contribution in [0, 0.1) is 6.57 Å². The molecule has 6 heteroatoms. The lowest BCUT2D eigenvalue weighted by molar-refractivity contribution is -0.143. The molecule has 2 aromatic carbocycles. The van der Waals surface area contributed by atoms with Crippen LogP contribution in [-0.2, 0) is 28.8 Å². The van der Waals surface area contributed by atoms with Crippen LogP contribution in [0.4, 0.5) is 5.69 Å². The molecule has 0 N–H and O–H groups in total. The highest BCUT2D eigenvalue weighted by molar-refractivity contribution is 5.79. The van der Waals surface area contributed by atoms with Gasteiger partial charge >= 0.3 is 5.97 Å². The predicted octanol–water partition coefficient (Wildman–Crippen LogP) is 5.94. The minimum atomic E-state index is -0.169. The Morgan fingerprint density at radius 3 is 2.81 bits per heavy atom. The van der Waals surface area contributed by atoms with Gasteiger partial charge in [-0.1, -0.05) is 29.4 Å². The zero-order valence-electron chi connectivity index (χ0n) is 18.6. The summed E-state index contributed by atoms with van der Waals surface area (Å²) in [4.78, 5) is 15.3. The molecule has 0 spiro atoms. The van der Waals surface area contributed by atoms with Crippen molar-refractivity contribution in [1.82, 2.24) is 5.16 Å². The normalized spacial score (nSPS) is 12.1. The average molecular weight is 431 g/mol. The second kappa shape index (κ2) is 9.27. The van der Waals surface area contributed by atoms with Crippen LogP contribution in [0.5, 0.6) is 5.75 Å². The number of carbonyl (C=O) groups is 1. The largest absolute Gasteiger partial charge is 0.502 e. The van der Waals surface area contributed by atoms with Gasteiger partial charge in [0.25, 0.3) is 0 Å². The lowest BCUT2D eigenvalue weighted by atomic mass is 9.86. The summed E-state index contributed by atoms with van der Waals surface area (Å²) in [6, 6.07) is 11.8. The summed E-state index contributed by atoms with van der Waals surface area (Å²) in [6.07, 6.45) is 2.71. The number of aryl methyl sites for hydroxylation is 2. The van der Waals surface area contributed by atoms with Crippen LogP contribution < -0.4 is 4.74 Å². The fourth-order valence-corrected chi connectivity index (χ4v) is 4.06. The molecule has 1 aromatic heterocycles. The minimum absolute atomic E-state index is 0.00178. The van der Waals surface area contributed by atoms with E-state index in [-0.39, 0.29) is 12.1 Å². The molecule has 0 fully saturated rings. The number of hydrogen-bond donors (Lipinski definition) is 0. The van der Waals surface area contributed by atoms with Crippen molar-refractivity contribution < 1.29 is 18.8 Å². The van der Waals surface area contributed by atoms with Gasteiger partial charge in [0.2, 0.25) is 5.69 Å². The summed E-state index contributed by atoms with van der Waals surface area (Å²) in [7, 11) is 0. The Kier molecular flexibility index (Phi) is 6.27. The number of ether oxygens (including phenoxy) is 2. The number of carbonyl (C=O) groups excluding carboxylic acids is 1. The first-order valence-electron chi connectivity index (χ1n) is 10.9. The third-order valence-electron chi connectivity index (χ3n) is 5.48. The maximum absolute atomic E-state index is 11.7. The summed E-state index contributed by atoms with van der Waals surface area (Å²) < 4.78 is 16.5. The van der Waals surface area contributed by atoms with E-state index in [4.69, 9.17) is 20.6 Å². The first kappa shape index (κ1) is 21.6. The molecule has 0 amide bonds. The van der Waals surface area contributed by atoms with Crippen LogP contribution in [0.2, 0.25) is 0 Å². The zero-order valence-corrected chi connectivity index (χ0v) is 18.6. The molecule has 0 radical (unpaired) electrons. The van der Waals surface area contributed by atoms with Crippen molar-refractivity contribution in [2.24, 2.45) is 0 Å². The van der Waals surface area contributed by atoms with Gasteiger partial charge in [-0.05, 0) is 63.3 Å². The second-order valence-electron chi connectivity index (χ2n) is 8.10. The van der Waals surface area contributed by atoms with Crippen LogP contribution in [-0.4, -0.2) is 23.8 Å². The van der Waals surface area contributed by atoms with Crippen molar-refractivity contribution in [2.75, 3.05) is 6.61 Å². The van der Waals surface area contributed by atoms with E-state index < -0.39 is 0 Å². The number of aromatic nitrogens is 1. The van der Waals surface area contributed by atoms with E-state index in [0.717, 1.165) is 40.8 Å². The van der Waals surface area contributed by atoms with Crippen molar-refractivity contribution in [3.8, 4) is 28.3 Å². The van der Waals surface area contributed by atoms with Crippen molar-refractivity contribution in [2.45, 2.75) is 52.6 Å². The highest BCUT2D eigenvalue weighted by Gasteiger charge is 2.25. The zero-order chi connectivity index (χ0) is 22.7. The SMILES string of the molecule is [C-]#[N+]c1cc(-c2onc3c2CCc2cc(CCC(=O)OCC)ccc2-3)ccc1OC(C)C. The molecule has 6 nitrogen and oxygen atoms in total. The van der Waals surface area contributed by atoms with Gasteiger partial charge in [0, 0.05) is 23.1 Å². The van der Waals surface area contributed by atoms with Gasteiger partial charge in [0.15, 0.2) is 5.76 Å². The number of rotatable bonds is 7. The minimum Gasteiger partial charge on any atom is -0.502 e. The summed E-state index contributed by atoms with van der Waals surface area (Å²) in [5.74, 6) is 1.11. The number of hydrogen-bond acceptors (Lipinski definition) is 5. The lowest BCUT2D eigenvalue weighted by Crippen LogP contribution is -2.07. The average Bonchev–Trinajstić information content (AvgIpc) is 3.22. The van der Waals surface area contributed by atoms with Crippen LogP contribution in [0.25, 0.3) is 27.4 Å². The topological polar surface area (TPSA) is 65.9 Å². The Labute approximate surface area is 188 Å². The monoisotopic (exact) mass is 430 g/mol. The molecule has 0 saturated carbocycles. The highest BCUT2D eigenvalue weighted by atomic mass is 16.5. The van der Waals surface area contributed by atoms with Crippen molar-refractivity contribution in [1.29, 1.82) is 0 Å². The molecule has 1 heterocycles. The standard InChI is InChI=1S/C26H26N2O4/c1-5-30-24(29)13-7-17-6-10-20-18(14-17)8-11-21-25(20)28-32-26(21)19-9-12-23(31-16(2)3)22(15-19)27-4/h6,9-10,12,14-16H,5,7-8,11,13H2,1-3H3. The third kappa shape index (κ3) is 4.38. The molecule has 3 aromatic rings. The van der Waals surface area contributed by atoms with Crippen molar-refractivity contribution >= 4 is 11.7 Å². The Morgan fingerprint density at radius 2 is 2.06 bits per heavy atom. The van der Waals surface area contributed by atoms with Crippen molar-refractivity contribution in [3.63, 3.8) is 0 Å². The van der Waals surface area contributed by atoms with Gasteiger partial charge < -0.3 is 14.0 Å². The second-order valence-corrected chi connectivity index (χ2v) is 8.10. The van der Waals surface area contributed by atoms with Crippen LogP contribution in [0.15, 0.2) is 40.9 Å². The molecule has 0 saturated heterocycles. The number of nitrogens with zero attached hydrogens (tertiary/aromatic N) is 2. The van der Waals surface area contributed by atoms with E-state index in [1.54, 1.807) is 6.07 Å². The van der Waals surface area contributed by atoms with Crippen LogP contribution in [0.1, 0.15) is 43.9 Å². The molecule has 0 atom stereocenters. The first-order chi connectivity index (χ1) is 15.5. The maximum Gasteiger partial charge on any atom is 0.306 e. The molecule has 0 bridgehead atoms. The van der Waals surface area contributed by atoms with E-state index in [0.29, 0.717) is 36.6 Å². The Morgan fingerprint density at radius 1 is 1.22 bits per heavy atom. The van der Waals surface area contributed by atoms with Crippen LogP contribution in [0.3, 0.4) is 0 Å². The maximum atomic E-state index is 11.7. The van der Waals surface area contributed by atoms with E-state index in [9.17, 15) is 4.79 Å². The van der Waals surface area contributed by atoms with Gasteiger partial charge in [0.05, 0.1) is 19.3 Å². The summed E-state index contributed by atoms with van der Waals surface area (Å²) in [5, 5.41) is 4.37. The molecule has 0 unspecified atom stereocenters. The molecule has 1 aliphatic carbocycles. The third-order valence-corrected chi connectivity index (χ3v) is 5.48. The van der Waals surface area contributed by atoms with E-state index >= 15 is 0 Å². The van der Waals surface area contributed by atoms with Crippen molar-refractivity contribution in [3.05, 3.63) is 64.5 Å². The Hall–Kier alpha value is -3.59. The van der Waals surface area contributed by atoms with E-state index in [1.165, 1.54) is 5.56 Å². The quantitative estimate of drug-likeness (QED) is 0.343. The number of esters is 1. The fourth-order valence-electron chi connectivity index (χ4n) is 4.06. The lowest BCUT2D eigenvalue weighted by Gasteiger charge is -2.17. The molecule has 0 aliphatic heterocycles. The first-order valence-corrected chi connectivity index (χ1v) is 10.9. The van der Waals surface area contributed by atoms with Crippen LogP contribution >= 0.6 is 0 Å². The van der Waals surface area contributed by atoms with E-state index in [1.807, 2.05) is 39.0 Å². The summed E-state index contributed by atoms with van der Waals surface area (Å²) >= 11 is 0. The van der Waals surface area contributed by atoms with Gasteiger partial charge in [-0.15, -0.1) is 0 Å². The molecule has 1 aliphatic rings. The van der Waals surface area contributed by atoms with Gasteiger partial charge in [-0.2, -0.15) is 0 Å². The van der Waals surface area contributed by atoms with Gasteiger partial charge in [-0.3, -0.25) is 4.79 Å². The number of benzene rings is 2. The van der Waals surface area contributed by atoms with Gasteiger partial charge in [-0.25, -0.2) is 4.85 Å². The van der Waals surface area contributed by atoms with E-state index in [2.05, 4.69) is 22.1 Å². The highest BCUT2D eigenvalue weighted by Crippen LogP contribution is 2.41. The fraction of sp³-hybridized carbons (Fsp3) is 0.346. The summed E-state index contributed by atoms with van der Waals surface area (Å²) in [6.45, 7) is 13.6. The summed E-state index contributed by atoms with van der Waals surface area (Å²) in [5.41, 5.74) is 6.59. The molecular weight excluding hydrogens is 404 g/mol. The predicted molar refractivity (Wildman–Crippen MR) is 122 cm³/mol.